The Morgan fingerprint density at radius 1 is 1.39 bits per heavy atom. The molecule has 6 nitrogen and oxygen atoms in total. The summed E-state index contributed by atoms with van der Waals surface area (Å²) in [6, 6.07) is 3.60. The number of aromatic nitrogens is 2. The maximum atomic E-state index is 12.5. The standard InChI is InChI=1S/C16H16BrN3O3/c17-12-8-18-5-3-14(12)22-11-4-6-20(9-11)16(21)13-7-15(23-19-13)10-1-2-10/h3,5,7-8,10-11H,1-2,4,6,9H2. The highest BCUT2D eigenvalue weighted by Crippen LogP contribution is 2.40. The number of rotatable bonds is 4. The Morgan fingerprint density at radius 2 is 2.26 bits per heavy atom. The van der Waals surface area contributed by atoms with Crippen LogP contribution in [-0.4, -0.2) is 40.1 Å². The zero-order valence-corrected chi connectivity index (χ0v) is 14.0. The third-order valence-electron chi connectivity index (χ3n) is 4.19. The lowest BCUT2D eigenvalue weighted by atomic mass is 10.2. The molecule has 0 bridgehead atoms. The SMILES string of the molecule is O=C(c1cc(C2CC2)on1)N1CCC(Oc2ccncc2Br)C1. The van der Waals surface area contributed by atoms with E-state index in [2.05, 4.69) is 26.1 Å². The molecule has 23 heavy (non-hydrogen) atoms. The Morgan fingerprint density at radius 3 is 3.04 bits per heavy atom. The fourth-order valence-electron chi connectivity index (χ4n) is 2.76. The summed E-state index contributed by atoms with van der Waals surface area (Å²) in [6.07, 6.45) is 6.42. The molecule has 4 rings (SSSR count). The lowest BCUT2D eigenvalue weighted by molar-refractivity contribution is 0.0762. The third-order valence-corrected chi connectivity index (χ3v) is 4.78. The molecule has 7 heteroatoms. The van der Waals surface area contributed by atoms with E-state index in [9.17, 15) is 4.79 Å². The van der Waals surface area contributed by atoms with Crippen LogP contribution < -0.4 is 4.74 Å². The van der Waals surface area contributed by atoms with Crippen molar-refractivity contribution in [2.24, 2.45) is 0 Å². The summed E-state index contributed by atoms with van der Waals surface area (Å²) in [6.45, 7) is 1.22. The van der Waals surface area contributed by atoms with Gasteiger partial charge in [0.1, 0.15) is 17.6 Å². The van der Waals surface area contributed by atoms with Crippen LogP contribution >= 0.6 is 15.9 Å². The Labute approximate surface area is 141 Å². The minimum absolute atomic E-state index is 0.0209. The number of pyridine rings is 1. The first-order valence-corrected chi connectivity index (χ1v) is 8.52. The van der Waals surface area contributed by atoms with E-state index in [1.54, 1.807) is 23.4 Å². The number of ether oxygens (including phenoxy) is 1. The monoisotopic (exact) mass is 377 g/mol. The van der Waals surface area contributed by atoms with Crippen molar-refractivity contribution < 1.29 is 14.1 Å². The van der Waals surface area contributed by atoms with Crippen LogP contribution in [0.3, 0.4) is 0 Å². The summed E-state index contributed by atoms with van der Waals surface area (Å²) in [7, 11) is 0. The molecule has 2 aromatic rings. The van der Waals surface area contributed by atoms with Gasteiger partial charge < -0.3 is 14.2 Å². The van der Waals surface area contributed by atoms with Gasteiger partial charge in [0, 0.05) is 37.3 Å². The number of amides is 1. The molecule has 1 saturated carbocycles. The van der Waals surface area contributed by atoms with Crippen LogP contribution in [0.2, 0.25) is 0 Å². The van der Waals surface area contributed by atoms with Crippen molar-refractivity contribution in [2.45, 2.75) is 31.3 Å². The second kappa shape index (κ2) is 5.96. The molecule has 1 saturated heterocycles. The van der Waals surface area contributed by atoms with Gasteiger partial charge in [-0.3, -0.25) is 9.78 Å². The number of hydrogen-bond donors (Lipinski definition) is 0. The first-order valence-electron chi connectivity index (χ1n) is 7.73. The average Bonchev–Trinajstić information content (AvgIpc) is 3.11. The molecule has 1 amide bonds. The van der Waals surface area contributed by atoms with E-state index in [0.29, 0.717) is 24.7 Å². The molecule has 3 heterocycles. The number of halogens is 1. The number of hydrogen-bond acceptors (Lipinski definition) is 5. The van der Waals surface area contributed by atoms with Gasteiger partial charge in [-0.05, 0) is 34.8 Å². The molecule has 0 aromatic carbocycles. The van der Waals surface area contributed by atoms with E-state index in [1.807, 2.05) is 6.07 Å². The summed E-state index contributed by atoms with van der Waals surface area (Å²) >= 11 is 3.42. The van der Waals surface area contributed by atoms with Crippen molar-refractivity contribution in [1.82, 2.24) is 15.0 Å². The van der Waals surface area contributed by atoms with Crippen molar-refractivity contribution in [2.75, 3.05) is 13.1 Å². The number of carbonyl (C=O) groups is 1. The largest absolute Gasteiger partial charge is 0.487 e. The van der Waals surface area contributed by atoms with Crippen LogP contribution in [0.25, 0.3) is 0 Å². The number of likely N-dealkylation sites (tertiary alicyclic amines) is 1. The predicted molar refractivity (Wildman–Crippen MR) is 85.4 cm³/mol. The summed E-state index contributed by atoms with van der Waals surface area (Å²) in [5, 5.41) is 3.92. The zero-order valence-electron chi connectivity index (χ0n) is 12.4. The summed E-state index contributed by atoms with van der Waals surface area (Å²) in [5.41, 5.74) is 0.401. The molecule has 2 fully saturated rings. The highest BCUT2D eigenvalue weighted by molar-refractivity contribution is 9.10. The predicted octanol–water partition coefficient (Wildman–Crippen LogP) is 3.00. The first kappa shape index (κ1) is 14.7. The Kier molecular flexibility index (Phi) is 3.80. The average molecular weight is 378 g/mol. The van der Waals surface area contributed by atoms with Crippen LogP contribution in [0.15, 0.2) is 33.5 Å². The van der Waals surface area contributed by atoms with Crippen molar-refractivity contribution in [3.8, 4) is 5.75 Å². The molecule has 1 aliphatic heterocycles. The Hall–Kier alpha value is -1.89. The molecule has 1 unspecified atom stereocenters. The third kappa shape index (κ3) is 3.10. The summed E-state index contributed by atoms with van der Waals surface area (Å²) in [5.74, 6) is 1.96. The van der Waals surface area contributed by atoms with Gasteiger partial charge in [0.2, 0.25) is 0 Å². The van der Waals surface area contributed by atoms with Crippen LogP contribution in [0.5, 0.6) is 5.75 Å². The maximum Gasteiger partial charge on any atom is 0.276 e. The lowest BCUT2D eigenvalue weighted by Crippen LogP contribution is -2.31. The van der Waals surface area contributed by atoms with Crippen molar-refractivity contribution in [3.05, 3.63) is 40.5 Å². The molecule has 0 spiro atoms. The van der Waals surface area contributed by atoms with E-state index in [4.69, 9.17) is 9.26 Å². The highest BCUT2D eigenvalue weighted by Gasteiger charge is 2.33. The van der Waals surface area contributed by atoms with Gasteiger partial charge in [-0.15, -0.1) is 0 Å². The van der Waals surface area contributed by atoms with E-state index >= 15 is 0 Å². The maximum absolute atomic E-state index is 12.5. The van der Waals surface area contributed by atoms with Crippen molar-refractivity contribution in [3.63, 3.8) is 0 Å². The Balaban J connectivity index is 1.39. The fraction of sp³-hybridized carbons (Fsp3) is 0.438. The van der Waals surface area contributed by atoms with Gasteiger partial charge in [-0.1, -0.05) is 5.16 Å². The van der Waals surface area contributed by atoms with Gasteiger partial charge in [0.25, 0.3) is 5.91 Å². The first-order chi connectivity index (χ1) is 11.2. The molecular formula is C16H16BrN3O3. The van der Waals surface area contributed by atoms with E-state index in [-0.39, 0.29) is 12.0 Å². The van der Waals surface area contributed by atoms with Crippen LogP contribution in [-0.2, 0) is 0 Å². The molecular weight excluding hydrogens is 362 g/mol. The number of nitrogens with zero attached hydrogens (tertiary/aromatic N) is 3. The molecule has 2 aliphatic rings. The fourth-order valence-corrected chi connectivity index (χ4v) is 3.10. The van der Waals surface area contributed by atoms with Crippen LogP contribution in [0.4, 0.5) is 0 Å². The van der Waals surface area contributed by atoms with Gasteiger partial charge >= 0.3 is 0 Å². The molecule has 0 N–H and O–H groups in total. The molecule has 2 aromatic heterocycles. The highest BCUT2D eigenvalue weighted by atomic mass is 79.9. The summed E-state index contributed by atoms with van der Waals surface area (Å²) in [4.78, 5) is 18.3. The molecule has 120 valence electrons. The minimum Gasteiger partial charge on any atom is -0.487 e. The van der Waals surface area contributed by atoms with E-state index in [1.165, 1.54) is 0 Å². The van der Waals surface area contributed by atoms with Gasteiger partial charge in [-0.2, -0.15) is 0 Å². The van der Waals surface area contributed by atoms with Crippen molar-refractivity contribution in [1.29, 1.82) is 0 Å². The van der Waals surface area contributed by atoms with Gasteiger partial charge in [-0.25, -0.2) is 0 Å². The normalized spacial score (nSPS) is 20.7. The van der Waals surface area contributed by atoms with Gasteiger partial charge in [0.05, 0.1) is 11.0 Å². The molecule has 1 atom stereocenters. The van der Waals surface area contributed by atoms with Crippen molar-refractivity contribution >= 4 is 21.8 Å². The Bertz CT molecular complexity index is 729. The lowest BCUT2D eigenvalue weighted by Gasteiger charge is -2.16. The van der Waals surface area contributed by atoms with Crippen LogP contribution in [0.1, 0.15) is 41.4 Å². The minimum atomic E-state index is -0.0828. The van der Waals surface area contributed by atoms with E-state index in [0.717, 1.165) is 35.2 Å². The number of carbonyl (C=O) groups excluding carboxylic acids is 1. The van der Waals surface area contributed by atoms with E-state index < -0.39 is 0 Å². The zero-order chi connectivity index (χ0) is 15.8. The topological polar surface area (TPSA) is 68.5 Å². The summed E-state index contributed by atoms with van der Waals surface area (Å²) < 4.78 is 12.0. The smallest absolute Gasteiger partial charge is 0.276 e. The quantitative estimate of drug-likeness (QED) is 0.818. The van der Waals surface area contributed by atoms with Gasteiger partial charge in [0.15, 0.2) is 5.69 Å². The second-order valence-corrected chi connectivity index (χ2v) is 6.83. The molecule has 0 radical (unpaired) electrons. The van der Waals surface area contributed by atoms with Crippen LogP contribution in [0, 0.1) is 0 Å². The molecule has 1 aliphatic carbocycles. The second-order valence-electron chi connectivity index (χ2n) is 5.97.